The number of hydrogen-bond acceptors (Lipinski definition) is 3. The van der Waals surface area contributed by atoms with Crippen LogP contribution in [0.5, 0.6) is 5.75 Å². The highest BCUT2D eigenvalue weighted by Crippen LogP contribution is 2.02. The largest absolute Gasteiger partial charge is 0.488 e. The van der Waals surface area contributed by atoms with Gasteiger partial charge >= 0.3 is 0 Å². The first-order valence-corrected chi connectivity index (χ1v) is 2.53. The van der Waals surface area contributed by atoms with E-state index in [0.29, 0.717) is 0 Å². The van der Waals surface area contributed by atoms with Crippen molar-refractivity contribution < 1.29 is 9.13 Å². The molecule has 0 radical (unpaired) electrons. The highest BCUT2D eigenvalue weighted by atomic mass is 19.1. The summed E-state index contributed by atoms with van der Waals surface area (Å²) in [6.07, 6.45) is 0.972. The summed E-state index contributed by atoms with van der Waals surface area (Å²) in [5.74, 6) is -1.28. The van der Waals surface area contributed by atoms with E-state index in [1.807, 2.05) is 0 Å². The normalized spacial score (nSPS) is 9.40. The molecule has 0 saturated carbocycles. The lowest BCUT2D eigenvalue weighted by Crippen LogP contribution is -2.11. The Kier molecular flexibility index (Phi) is 1.66. The number of halogens is 1. The first kappa shape index (κ1) is 6.73. The van der Waals surface area contributed by atoms with Crippen molar-refractivity contribution in [1.82, 2.24) is 9.97 Å². The van der Waals surface area contributed by atoms with E-state index in [0.717, 1.165) is 6.33 Å². The maximum absolute atomic E-state index is 12.4. The van der Waals surface area contributed by atoms with Gasteiger partial charge in [0.1, 0.15) is 0 Å². The Labute approximate surface area is 55.7 Å². The molecule has 1 heterocycles. The Bertz CT molecular complexity index is 283. The molecule has 0 aliphatic rings. The molecule has 0 aliphatic heterocycles. The molecule has 0 spiro atoms. The van der Waals surface area contributed by atoms with Gasteiger partial charge in [-0.15, -0.1) is 0 Å². The van der Waals surface area contributed by atoms with E-state index in [2.05, 4.69) is 14.7 Å². The molecule has 0 aliphatic carbocycles. The van der Waals surface area contributed by atoms with Gasteiger partial charge in [-0.3, -0.25) is 4.79 Å². The van der Waals surface area contributed by atoms with Crippen LogP contribution in [0.4, 0.5) is 4.39 Å². The summed E-state index contributed by atoms with van der Waals surface area (Å²) in [4.78, 5) is 15.9. The Morgan fingerprint density at radius 2 is 2.50 bits per heavy atom. The van der Waals surface area contributed by atoms with Crippen LogP contribution in [0.15, 0.2) is 11.1 Å². The quantitative estimate of drug-likeness (QED) is 0.561. The smallest absolute Gasteiger partial charge is 0.296 e. The van der Waals surface area contributed by atoms with Crippen molar-refractivity contribution in [3.05, 3.63) is 22.6 Å². The number of rotatable bonds is 1. The van der Waals surface area contributed by atoms with Gasteiger partial charge in [0.2, 0.25) is 5.75 Å². The van der Waals surface area contributed by atoms with Crippen LogP contribution < -0.4 is 10.3 Å². The zero-order chi connectivity index (χ0) is 7.56. The molecule has 1 rings (SSSR count). The monoisotopic (exact) mass is 144 g/mol. The van der Waals surface area contributed by atoms with Crippen molar-refractivity contribution in [2.75, 3.05) is 7.11 Å². The van der Waals surface area contributed by atoms with Crippen molar-refractivity contribution in [3.63, 3.8) is 0 Å². The van der Waals surface area contributed by atoms with Crippen molar-refractivity contribution in [1.29, 1.82) is 0 Å². The number of nitrogens with one attached hydrogen (secondary N) is 1. The van der Waals surface area contributed by atoms with Crippen LogP contribution in [-0.4, -0.2) is 17.1 Å². The molecule has 1 aromatic rings. The lowest BCUT2D eigenvalue weighted by Gasteiger charge is -1.95. The summed E-state index contributed by atoms with van der Waals surface area (Å²) in [7, 11) is 1.20. The molecule has 1 N–H and O–H groups in total. The minimum Gasteiger partial charge on any atom is -0.488 e. The van der Waals surface area contributed by atoms with Crippen LogP contribution >= 0.6 is 0 Å². The van der Waals surface area contributed by atoms with Crippen LogP contribution in [0, 0.1) is 5.95 Å². The molecule has 0 atom stereocenters. The molecule has 1 aromatic heterocycles. The van der Waals surface area contributed by atoms with Crippen molar-refractivity contribution in [2.45, 2.75) is 0 Å². The van der Waals surface area contributed by atoms with Crippen LogP contribution in [0.2, 0.25) is 0 Å². The molecule has 4 nitrogen and oxygen atoms in total. The maximum Gasteiger partial charge on any atom is 0.296 e. The molecule has 0 amide bonds. The van der Waals surface area contributed by atoms with E-state index in [-0.39, 0.29) is 5.75 Å². The van der Waals surface area contributed by atoms with E-state index in [9.17, 15) is 9.18 Å². The van der Waals surface area contributed by atoms with Gasteiger partial charge in [-0.05, 0) is 0 Å². The number of nitrogens with zero attached hydrogens (tertiary/aromatic N) is 1. The van der Waals surface area contributed by atoms with Crippen molar-refractivity contribution in [3.8, 4) is 5.75 Å². The van der Waals surface area contributed by atoms with Gasteiger partial charge in [0.15, 0.2) is 0 Å². The van der Waals surface area contributed by atoms with E-state index >= 15 is 0 Å². The average Bonchev–Trinajstić information content (AvgIpc) is 1.88. The average molecular weight is 144 g/mol. The van der Waals surface area contributed by atoms with Crippen molar-refractivity contribution in [2.24, 2.45) is 0 Å². The standard InChI is InChI=1S/C5H5FN2O2/c1-10-3-4(6)7-2-8-5(3)9/h2H,1H3,(H,7,8,9). The van der Waals surface area contributed by atoms with Gasteiger partial charge in [-0.1, -0.05) is 0 Å². The summed E-state index contributed by atoms with van der Waals surface area (Å²) in [6.45, 7) is 0. The highest BCUT2D eigenvalue weighted by Gasteiger charge is 2.05. The topological polar surface area (TPSA) is 55.0 Å². The predicted octanol–water partition coefficient (Wildman–Crippen LogP) is -0.0824. The molecule has 0 unspecified atom stereocenters. The molecular formula is C5H5FN2O2. The first-order chi connectivity index (χ1) is 4.75. The number of methoxy groups -OCH3 is 1. The Hall–Kier alpha value is -1.39. The van der Waals surface area contributed by atoms with Gasteiger partial charge in [-0.25, -0.2) is 4.98 Å². The minimum absolute atomic E-state index is 0.387. The molecule has 5 heteroatoms. The summed E-state index contributed by atoms with van der Waals surface area (Å²) < 4.78 is 16.8. The van der Waals surface area contributed by atoms with Gasteiger partial charge in [0.25, 0.3) is 11.5 Å². The van der Waals surface area contributed by atoms with Gasteiger partial charge in [0, 0.05) is 0 Å². The lowest BCUT2D eigenvalue weighted by molar-refractivity contribution is 0.370. The van der Waals surface area contributed by atoms with Gasteiger partial charge in [0.05, 0.1) is 13.4 Å². The minimum atomic E-state index is -0.897. The SMILES string of the molecule is COc1c(F)nc[nH]c1=O. The summed E-state index contributed by atoms with van der Waals surface area (Å²) >= 11 is 0. The lowest BCUT2D eigenvalue weighted by atomic mass is 10.6. The van der Waals surface area contributed by atoms with E-state index in [4.69, 9.17) is 0 Å². The zero-order valence-electron chi connectivity index (χ0n) is 5.22. The first-order valence-electron chi connectivity index (χ1n) is 2.53. The second-order valence-corrected chi connectivity index (χ2v) is 1.56. The molecule has 54 valence electrons. The second kappa shape index (κ2) is 2.47. The third-order valence-electron chi connectivity index (χ3n) is 0.971. The Balaban J connectivity index is 3.31. The Morgan fingerprint density at radius 1 is 1.80 bits per heavy atom. The number of aromatic amines is 1. The van der Waals surface area contributed by atoms with Crippen LogP contribution in [0.25, 0.3) is 0 Å². The predicted molar refractivity (Wildman–Crippen MR) is 31.4 cm³/mol. The van der Waals surface area contributed by atoms with Crippen LogP contribution in [0.3, 0.4) is 0 Å². The molecular weight excluding hydrogens is 139 g/mol. The van der Waals surface area contributed by atoms with Crippen molar-refractivity contribution >= 4 is 0 Å². The molecule has 0 aromatic carbocycles. The summed E-state index contributed by atoms with van der Waals surface area (Å²) in [5.41, 5.74) is -0.616. The molecule has 0 bridgehead atoms. The summed E-state index contributed by atoms with van der Waals surface area (Å²) in [5, 5.41) is 0. The molecule has 0 fully saturated rings. The summed E-state index contributed by atoms with van der Waals surface area (Å²) in [6, 6.07) is 0. The second-order valence-electron chi connectivity index (χ2n) is 1.56. The zero-order valence-corrected chi connectivity index (χ0v) is 5.22. The number of ether oxygens (including phenoxy) is 1. The highest BCUT2D eigenvalue weighted by molar-refractivity contribution is 5.12. The third kappa shape index (κ3) is 0.975. The Morgan fingerprint density at radius 3 is 2.90 bits per heavy atom. The van der Waals surface area contributed by atoms with E-state index < -0.39 is 11.5 Å². The number of hydrogen-bond donors (Lipinski definition) is 1. The van der Waals surface area contributed by atoms with Gasteiger partial charge < -0.3 is 9.72 Å². The van der Waals surface area contributed by atoms with Crippen LogP contribution in [0.1, 0.15) is 0 Å². The van der Waals surface area contributed by atoms with Gasteiger partial charge in [-0.2, -0.15) is 4.39 Å². The van der Waals surface area contributed by atoms with E-state index in [1.165, 1.54) is 7.11 Å². The molecule has 10 heavy (non-hydrogen) atoms. The van der Waals surface area contributed by atoms with Crippen LogP contribution in [-0.2, 0) is 0 Å². The maximum atomic E-state index is 12.4. The third-order valence-corrected chi connectivity index (χ3v) is 0.971. The fraction of sp³-hybridized carbons (Fsp3) is 0.200. The van der Waals surface area contributed by atoms with E-state index in [1.54, 1.807) is 0 Å². The fourth-order valence-electron chi connectivity index (χ4n) is 0.542. The number of H-pyrrole nitrogens is 1. The molecule has 0 saturated heterocycles. The fourth-order valence-corrected chi connectivity index (χ4v) is 0.542. The number of aromatic nitrogens is 2.